The first-order valence-corrected chi connectivity index (χ1v) is 17.1. The van der Waals surface area contributed by atoms with Gasteiger partial charge in [-0.15, -0.1) is 0 Å². The first kappa shape index (κ1) is 34.7. The highest BCUT2D eigenvalue weighted by Crippen LogP contribution is 2.40. The van der Waals surface area contributed by atoms with E-state index in [1.54, 1.807) is 59.8 Å². The van der Waals surface area contributed by atoms with Gasteiger partial charge in [0.1, 0.15) is 11.6 Å². The summed E-state index contributed by atoms with van der Waals surface area (Å²) in [6.07, 6.45) is -4.40. The Morgan fingerprint density at radius 1 is 0.843 bits per heavy atom. The van der Waals surface area contributed by atoms with Crippen molar-refractivity contribution >= 4 is 68.5 Å². The van der Waals surface area contributed by atoms with Crippen LogP contribution in [0.3, 0.4) is 0 Å². The summed E-state index contributed by atoms with van der Waals surface area (Å²) in [5.74, 6) is 0.0492. The van der Waals surface area contributed by atoms with E-state index in [0.29, 0.717) is 95.9 Å². The SMILES string of the molecule is O=C(c1cccc(N2CC[C@@H](CNc3cnc4cc(Cl)ccc4n3)C2)c1OC(F)(F)C(F)F)N1CC[C@@H](CNc2cnc3cc(Cl)ccc3n2)C1. The molecule has 2 saturated heterocycles. The van der Waals surface area contributed by atoms with Crippen molar-refractivity contribution in [2.24, 2.45) is 11.8 Å². The van der Waals surface area contributed by atoms with Crippen molar-refractivity contribution in [2.45, 2.75) is 25.4 Å². The number of fused-ring (bicyclic) bond motifs is 2. The van der Waals surface area contributed by atoms with Crippen molar-refractivity contribution in [3.8, 4) is 5.75 Å². The van der Waals surface area contributed by atoms with E-state index < -0.39 is 24.2 Å². The second kappa shape index (κ2) is 14.5. The van der Waals surface area contributed by atoms with Gasteiger partial charge in [0.05, 0.1) is 45.7 Å². The van der Waals surface area contributed by atoms with Gasteiger partial charge in [-0.2, -0.15) is 17.6 Å². The zero-order valence-corrected chi connectivity index (χ0v) is 28.5. The lowest BCUT2D eigenvalue weighted by Gasteiger charge is -2.27. The Balaban J connectivity index is 1.03. The van der Waals surface area contributed by atoms with E-state index in [1.807, 2.05) is 0 Å². The van der Waals surface area contributed by atoms with Crippen LogP contribution < -0.4 is 20.3 Å². The van der Waals surface area contributed by atoms with Crippen LogP contribution in [0, 0.1) is 11.8 Å². The number of hydrogen-bond acceptors (Lipinski definition) is 9. The van der Waals surface area contributed by atoms with Crippen molar-refractivity contribution in [2.75, 3.05) is 54.8 Å². The minimum Gasteiger partial charge on any atom is -0.425 e. The molecule has 266 valence electrons. The van der Waals surface area contributed by atoms with Crippen LogP contribution in [-0.2, 0) is 0 Å². The lowest BCUT2D eigenvalue weighted by Crippen LogP contribution is -2.36. The normalized spacial score (nSPS) is 17.9. The fourth-order valence-electron chi connectivity index (χ4n) is 6.44. The van der Waals surface area contributed by atoms with Crippen LogP contribution >= 0.6 is 23.2 Å². The summed E-state index contributed by atoms with van der Waals surface area (Å²) in [6, 6.07) is 14.9. The predicted molar refractivity (Wildman–Crippen MR) is 188 cm³/mol. The number of aromatic nitrogens is 4. The summed E-state index contributed by atoms with van der Waals surface area (Å²) in [4.78, 5) is 35.0. The van der Waals surface area contributed by atoms with Crippen LogP contribution in [0.2, 0.25) is 10.0 Å². The maximum atomic E-state index is 14.5. The van der Waals surface area contributed by atoms with E-state index in [2.05, 4.69) is 30.6 Å². The highest BCUT2D eigenvalue weighted by atomic mass is 35.5. The van der Waals surface area contributed by atoms with Gasteiger partial charge in [-0.25, -0.2) is 9.97 Å². The van der Waals surface area contributed by atoms with Crippen molar-refractivity contribution in [1.29, 1.82) is 0 Å². The van der Waals surface area contributed by atoms with E-state index in [0.717, 1.165) is 0 Å². The van der Waals surface area contributed by atoms with Gasteiger partial charge in [0.2, 0.25) is 0 Å². The molecule has 0 bridgehead atoms. The second-order valence-electron chi connectivity index (χ2n) is 12.7. The van der Waals surface area contributed by atoms with Gasteiger partial charge in [0, 0.05) is 49.3 Å². The molecule has 0 aliphatic carbocycles. The van der Waals surface area contributed by atoms with E-state index in [9.17, 15) is 22.4 Å². The largest absolute Gasteiger partial charge is 0.461 e. The van der Waals surface area contributed by atoms with Crippen molar-refractivity contribution < 1.29 is 27.1 Å². The molecule has 1 amide bonds. The smallest absolute Gasteiger partial charge is 0.425 e. The molecule has 0 saturated carbocycles. The number of nitrogens with one attached hydrogen (secondary N) is 2. The van der Waals surface area contributed by atoms with Crippen LogP contribution in [0.1, 0.15) is 23.2 Å². The van der Waals surface area contributed by atoms with Crippen molar-refractivity contribution in [3.05, 3.63) is 82.6 Å². The summed E-state index contributed by atoms with van der Waals surface area (Å²) >= 11 is 12.1. The highest BCUT2D eigenvalue weighted by Gasteiger charge is 2.46. The highest BCUT2D eigenvalue weighted by molar-refractivity contribution is 6.31. The molecule has 2 aromatic heterocycles. The number of amides is 1. The number of alkyl halides is 4. The summed E-state index contributed by atoms with van der Waals surface area (Å²) in [6.45, 7) is 2.48. The minimum atomic E-state index is -4.81. The van der Waals surface area contributed by atoms with E-state index in [-0.39, 0.29) is 23.1 Å². The molecule has 2 atom stereocenters. The summed E-state index contributed by atoms with van der Waals surface area (Å²) in [5, 5.41) is 7.64. The van der Waals surface area contributed by atoms with Gasteiger partial charge in [-0.3, -0.25) is 14.8 Å². The van der Waals surface area contributed by atoms with Gasteiger partial charge < -0.3 is 25.2 Å². The lowest BCUT2D eigenvalue weighted by atomic mass is 10.1. The third-order valence-corrected chi connectivity index (χ3v) is 9.54. The number of carbonyl (C=O) groups excluding carboxylic acids is 1. The van der Waals surface area contributed by atoms with E-state index in [4.69, 9.17) is 27.9 Å². The second-order valence-corrected chi connectivity index (χ2v) is 13.5. The fraction of sp³-hybridized carbons (Fsp3) is 0.343. The zero-order valence-electron chi connectivity index (χ0n) is 27.0. The van der Waals surface area contributed by atoms with Crippen LogP contribution in [0.15, 0.2) is 67.0 Å². The molecule has 2 N–H and O–H groups in total. The van der Waals surface area contributed by atoms with Crippen molar-refractivity contribution in [3.63, 3.8) is 0 Å². The van der Waals surface area contributed by atoms with E-state index >= 15 is 0 Å². The minimum absolute atomic E-state index is 0.0173. The van der Waals surface area contributed by atoms with Gasteiger partial charge in [-0.1, -0.05) is 29.3 Å². The van der Waals surface area contributed by atoms with Gasteiger partial charge >= 0.3 is 12.5 Å². The Bertz CT molecular complexity index is 2080. The number of ether oxygens (including phenoxy) is 1. The predicted octanol–water partition coefficient (Wildman–Crippen LogP) is 7.63. The summed E-state index contributed by atoms with van der Waals surface area (Å²) in [7, 11) is 0. The Morgan fingerprint density at radius 2 is 1.43 bits per heavy atom. The Hall–Kier alpha value is -4.69. The number of anilines is 3. The van der Waals surface area contributed by atoms with Crippen LogP contribution in [-0.4, -0.2) is 82.5 Å². The first-order valence-electron chi connectivity index (χ1n) is 16.4. The van der Waals surface area contributed by atoms with Gasteiger partial charge in [0.15, 0.2) is 5.75 Å². The number of rotatable bonds is 11. The van der Waals surface area contributed by atoms with Crippen LogP contribution in [0.5, 0.6) is 5.75 Å². The van der Waals surface area contributed by atoms with Crippen LogP contribution in [0.25, 0.3) is 22.1 Å². The van der Waals surface area contributed by atoms with Gasteiger partial charge in [-0.05, 0) is 73.2 Å². The number of likely N-dealkylation sites (tertiary alicyclic amines) is 1. The molecule has 5 aromatic rings. The maximum absolute atomic E-state index is 14.5. The Labute approximate surface area is 300 Å². The lowest BCUT2D eigenvalue weighted by molar-refractivity contribution is -0.253. The summed E-state index contributed by atoms with van der Waals surface area (Å²) in [5.41, 5.74) is 2.61. The average Bonchev–Trinajstić information content (AvgIpc) is 3.80. The third-order valence-electron chi connectivity index (χ3n) is 9.07. The number of nitrogens with zero attached hydrogens (tertiary/aromatic N) is 6. The fourth-order valence-corrected chi connectivity index (χ4v) is 6.77. The number of benzene rings is 3. The molecule has 7 rings (SSSR count). The standard InChI is InChI=1S/C35H32Cl2F4N8O2/c36-22-4-6-25-27(12-22)42-16-30(46-25)44-14-20-8-10-48(18-20)29-3-1-2-24(32(29)51-35(40,41)34(38)39)33(50)49-11-9-21(19-49)15-45-31-17-43-28-13-23(37)5-7-26(28)47-31/h1-7,12-13,16-17,20-21,34H,8-11,14-15,18-19H2,(H,44,46)(H,45,47)/t20-,21-/m0/s1. The molecule has 0 radical (unpaired) electrons. The van der Waals surface area contributed by atoms with Crippen molar-refractivity contribution in [1.82, 2.24) is 24.8 Å². The molecule has 51 heavy (non-hydrogen) atoms. The number of halogens is 6. The maximum Gasteiger partial charge on any atom is 0.461 e. The topological polar surface area (TPSA) is 108 Å². The Morgan fingerprint density at radius 3 is 2.04 bits per heavy atom. The molecule has 10 nitrogen and oxygen atoms in total. The van der Waals surface area contributed by atoms with E-state index in [1.165, 1.54) is 17.0 Å². The quantitative estimate of drug-likeness (QED) is 0.132. The molecule has 2 fully saturated rings. The molecule has 4 heterocycles. The molecule has 0 spiro atoms. The Kier molecular flexibility index (Phi) is 9.88. The zero-order chi connectivity index (χ0) is 35.7. The van der Waals surface area contributed by atoms with Gasteiger partial charge in [0.25, 0.3) is 5.91 Å². The molecular weight excluding hydrogens is 711 g/mol. The number of para-hydroxylation sites is 1. The number of hydrogen-bond donors (Lipinski definition) is 2. The molecule has 3 aromatic carbocycles. The first-order chi connectivity index (χ1) is 24.5. The summed E-state index contributed by atoms with van der Waals surface area (Å²) < 4.78 is 60.6. The molecule has 2 aliphatic rings. The third kappa shape index (κ3) is 7.81. The molecular formula is C35H32Cl2F4N8O2. The van der Waals surface area contributed by atoms with Crippen LogP contribution in [0.4, 0.5) is 34.9 Å². The monoisotopic (exact) mass is 742 g/mol. The average molecular weight is 744 g/mol. The number of carbonyl (C=O) groups is 1. The molecule has 2 aliphatic heterocycles. The molecule has 0 unspecified atom stereocenters. The molecule has 16 heteroatoms.